The van der Waals surface area contributed by atoms with Gasteiger partial charge in [-0.15, -0.1) is 0 Å². The van der Waals surface area contributed by atoms with E-state index in [1.54, 1.807) is 25.6 Å². The second-order valence-electron chi connectivity index (χ2n) is 4.72. The lowest BCUT2D eigenvalue weighted by atomic mass is 10.2. The molecule has 8 heteroatoms. The number of nitrogens with zero attached hydrogens (tertiary/aromatic N) is 5. The maximum atomic E-state index is 5.80. The van der Waals surface area contributed by atoms with Crippen LogP contribution < -0.4 is 15.0 Å². The number of halogens is 1. The van der Waals surface area contributed by atoms with E-state index in [2.05, 4.69) is 30.2 Å². The number of hydrogen-bond donors (Lipinski definition) is 1. The number of rotatable bonds is 4. The van der Waals surface area contributed by atoms with Crippen molar-refractivity contribution in [2.45, 2.75) is 12.5 Å². The number of aromatic nitrogens is 4. The first-order valence-corrected chi connectivity index (χ1v) is 6.97. The highest BCUT2D eigenvalue weighted by Gasteiger charge is 2.24. The maximum absolute atomic E-state index is 5.80. The van der Waals surface area contributed by atoms with E-state index in [0.717, 1.165) is 25.3 Å². The smallest absolute Gasteiger partial charge is 0.225 e. The predicted molar refractivity (Wildman–Crippen MR) is 79.9 cm³/mol. The van der Waals surface area contributed by atoms with Crippen molar-refractivity contribution in [3.8, 4) is 5.88 Å². The fourth-order valence-electron chi connectivity index (χ4n) is 2.27. The van der Waals surface area contributed by atoms with Crippen LogP contribution in [-0.2, 0) is 0 Å². The van der Waals surface area contributed by atoms with Gasteiger partial charge in [-0.2, -0.15) is 0 Å². The molecule has 1 aliphatic heterocycles. The summed E-state index contributed by atoms with van der Waals surface area (Å²) in [7, 11) is 1.58. The molecule has 21 heavy (non-hydrogen) atoms. The first kappa shape index (κ1) is 13.8. The minimum Gasteiger partial charge on any atom is -0.481 e. The Morgan fingerprint density at radius 3 is 2.86 bits per heavy atom. The quantitative estimate of drug-likeness (QED) is 0.919. The average molecular weight is 307 g/mol. The monoisotopic (exact) mass is 306 g/mol. The van der Waals surface area contributed by atoms with Gasteiger partial charge in [-0.3, -0.25) is 0 Å². The predicted octanol–water partition coefficient (Wildman–Crippen LogP) is 1.62. The summed E-state index contributed by atoms with van der Waals surface area (Å²) in [6, 6.07) is 2.06. The Morgan fingerprint density at radius 2 is 2.10 bits per heavy atom. The average Bonchev–Trinajstić information content (AvgIpc) is 2.96. The van der Waals surface area contributed by atoms with Crippen LogP contribution in [0.15, 0.2) is 24.8 Å². The second-order valence-corrected chi connectivity index (χ2v) is 5.16. The number of anilines is 2. The van der Waals surface area contributed by atoms with Gasteiger partial charge in [-0.05, 0) is 6.42 Å². The lowest BCUT2D eigenvalue weighted by Gasteiger charge is -2.17. The fourth-order valence-corrected chi connectivity index (χ4v) is 2.37. The van der Waals surface area contributed by atoms with Crippen LogP contribution >= 0.6 is 11.6 Å². The molecule has 0 saturated carbocycles. The van der Waals surface area contributed by atoms with E-state index >= 15 is 0 Å². The largest absolute Gasteiger partial charge is 0.481 e. The van der Waals surface area contributed by atoms with E-state index in [-0.39, 0.29) is 6.04 Å². The Bertz CT molecular complexity index is 608. The summed E-state index contributed by atoms with van der Waals surface area (Å²) in [5, 5.41) is 3.91. The molecular weight excluding hydrogens is 292 g/mol. The Labute approximate surface area is 127 Å². The zero-order chi connectivity index (χ0) is 14.7. The molecule has 110 valence electrons. The van der Waals surface area contributed by atoms with Crippen molar-refractivity contribution in [1.29, 1.82) is 0 Å². The molecule has 1 atom stereocenters. The van der Waals surface area contributed by atoms with Crippen molar-refractivity contribution in [3.05, 3.63) is 29.8 Å². The first-order chi connectivity index (χ1) is 10.2. The number of methoxy groups -OCH3 is 1. The van der Waals surface area contributed by atoms with Gasteiger partial charge in [0.15, 0.2) is 0 Å². The summed E-state index contributed by atoms with van der Waals surface area (Å²) in [5.41, 5.74) is 0. The third-order valence-electron chi connectivity index (χ3n) is 3.28. The highest BCUT2D eigenvalue weighted by Crippen LogP contribution is 2.20. The molecule has 1 fully saturated rings. The van der Waals surface area contributed by atoms with Gasteiger partial charge in [0, 0.05) is 25.2 Å². The van der Waals surface area contributed by atoms with Crippen LogP contribution in [0.2, 0.25) is 5.02 Å². The molecule has 0 aliphatic carbocycles. The Balaban J connectivity index is 1.63. The SMILES string of the molecule is COc1cc(NC2CCN(c3ncc(Cl)cn3)C2)ncn1. The zero-order valence-corrected chi connectivity index (χ0v) is 12.3. The van der Waals surface area contributed by atoms with Crippen LogP contribution in [0.3, 0.4) is 0 Å². The topological polar surface area (TPSA) is 76.1 Å². The van der Waals surface area contributed by atoms with Gasteiger partial charge in [0.05, 0.1) is 24.5 Å². The molecule has 2 aromatic rings. The minimum atomic E-state index is 0.281. The Morgan fingerprint density at radius 1 is 1.29 bits per heavy atom. The van der Waals surface area contributed by atoms with E-state index in [4.69, 9.17) is 16.3 Å². The van der Waals surface area contributed by atoms with Crippen LogP contribution in [0.1, 0.15) is 6.42 Å². The van der Waals surface area contributed by atoms with Gasteiger partial charge >= 0.3 is 0 Å². The molecule has 0 spiro atoms. The van der Waals surface area contributed by atoms with Gasteiger partial charge < -0.3 is 15.0 Å². The highest BCUT2D eigenvalue weighted by atomic mass is 35.5. The molecule has 3 rings (SSSR count). The van der Waals surface area contributed by atoms with Crippen LogP contribution in [0, 0.1) is 0 Å². The summed E-state index contributed by atoms with van der Waals surface area (Å²) in [5.74, 6) is 2.00. The van der Waals surface area contributed by atoms with Gasteiger partial charge in [-0.1, -0.05) is 11.6 Å². The number of ether oxygens (including phenoxy) is 1. The molecule has 0 amide bonds. The standard InChI is InChI=1S/C13H15ClN6O/c1-21-12-4-11(17-8-18-12)19-10-2-3-20(7-10)13-15-5-9(14)6-16-13/h4-6,8,10H,2-3,7H2,1H3,(H,17,18,19). The second kappa shape index (κ2) is 6.09. The molecular formula is C13H15ClN6O. The van der Waals surface area contributed by atoms with Gasteiger partial charge in [0.2, 0.25) is 11.8 Å². The van der Waals surface area contributed by atoms with Crippen LogP contribution in [-0.4, -0.2) is 46.2 Å². The van der Waals surface area contributed by atoms with Crippen molar-refractivity contribution in [3.63, 3.8) is 0 Å². The summed E-state index contributed by atoms with van der Waals surface area (Å²) in [4.78, 5) is 18.8. The molecule has 0 aromatic carbocycles. The summed E-state index contributed by atoms with van der Waals surface area (Å²) in [6.07, 6.45) is 5.69. The van der Waals surface area contributed by atoms with Crippen LogP contribution in [0.5, 0.6) is 5.88 Å². The van der Waals surface area contributed by atoms with E-state index in [1.165, 1.54) is 6.33 Å². The highest BCUT2D eigenvalue weighted by molar-refractivity contribution is 6.30. The first-order valence-electron chi connectivity index (χ1n) is 6.59. The van der Waals surface area contributed by atoms with Gasteiger partial charge in [0.1, 0.15) is 12.1 Å². The Kier molecular flexibility index (Phi) is 4.01. The van der Waals surface area contributed by atoms with E-state index < -0.39 is 0 Å². The van der Waals surface area contributed by atoms with Crippen molar-refractivity contribution in [2.75, 3.05) is 30.4 Å². The lowest BCUT2D eigenvalue weighted by molar-refractivity contribution is 0.397. The fraction of sp³-hybridized carbons (Fsp3) is 0.385. The van der Waals surface area contributed by atoms with Crippen molar-refractivity contribution in [1.82, 2.24) is 19.9 Å². The zero-order valence-electron chi connectivity index (χ0n) is 11.5. The minimum absolute atomic E-state index is 0.281. The van der Waals surface area contributed by atoms with Crippen molar-refractivity contribution < 1.29 is 4.74 Å². The number of nitrogens with one attached hydrogen (secondary N) is 1. The molecule has 1 N–H and O–H groups in total. The molecule has 1 aliphatic rings. The van der Waals surface area contributed by atoms with Crippen LogP contribution in [0.4, 0.5) is 11.8 Å². The summed E-state index contributed by atoms with van der Waals surface area (Å²) in [6.45, 7) is 1.70. The number of hydrogen-bond acceptors (Lipinski definition) is 7. The third-order valence-corrected chi connectivity index (χ3v) is 3.48. The molecule has 3 heterocycles. The molecule has 7 nitrogen and oxygen atoms in total. The Hall–Kier alpha value is -2.15. The van der Waals surface area contributed by atoms with Crippen molar-refractivity contribution >= 4 is 23.4 Å². The van der Waals surface area contributed by atoms with Gasteiger partial charge in [-0.25, -0.2) is 19.9 Å². The molecule has 0 bridgehead atoms. The lowest BCUT2D eigenvalue weighted by Crippen LogP contribution is -2.27. The molecule has 0 radical (unpaired) electrons. The molecule has 1 unspecified atom stereocenters. The van der Waals surface area contributed by atoms with E-state index in [9.17, 15) is 0 Å². The normalized spacial score (nSPS) is 17.8. The van der Waals surface area contributed by atoms with E-state index in [0.29, 0.717) is 16.9 Å². The molecule has 2 aromatic heterocycles. The molecule has 1 saturated heterocycles. The van der Waals surface area contributed by atoms with Crippen molar-refractivity contribution in [2.24, 2.45) is 0 Å². The van der Waals surface area contributed by atoms with Gasteiger partial charge in [0.25, 0.3) is 0 Å². The summed E-state index contributed by atoms with van der Waals surface area (Å²) >= 11 is 5.80. The third kappa shape index (κ3) is 3.30. The van der Waals surface area contributed by atoms with Crippen LogP contribution in [0.25, 0.3) is 0 Å². The van der Waals surface area contributed by atoms with E-state index in [1.807, 2.05) is 0 Å². The summed E-state index contributed by atoms with van der Waals surface area (Å²) < 4.78 is 5.09. The maximum Gasteiger partial charge on any atom is 0.225 e.